The van der Waals surface area contributed by atoms with Crippen LogP contribution in [-0.4, -0.2) is 24.6 Å². The lowest BCUT2D eigenvalue weighted by Crippen LogP contribution is -2.24. The Kier molecular flexibility index (Phi) is 15.2. The third kappa shape index (κ3) is 13.4. The average molecular weight is 393 g/mol. The van der Waals surface area contributed by atoms with Crippen molar-refractivity contribution in [2.24, 2.45) is 11.8 Å². The van der Waals surface area contributed by atoms with E-state index in [1.54, 1.807) is 0 Å². The molecule has 0 aliphatic carbocycles. The van der Waals surface area contributed by atoms with E-state index < -0.39 is 6.10 Å². The molecule has 4 heteroatoms. The molecule has 0 aliphatic rings. The monoisotopic (exact) mass is 392 g/mol. The summed E-state index contributed by atoms with van der Waals surface area (Å²) < 4.78 is 10.9. The molecule has 160 valence electrons. The Morgan fingerprint density at radius 1 is 1.00 bits per heavy atom. The van der Waals surface area contributed by atoms with Crippen LogP contribution in [0.5, 0.6) is 0 Å². The van der Waals surface area contributed by atoms with Crippen molar-refractivity contribution in [1.29, 1.82) is 0 Å². The third-order valence-corrected chi connectivity index (χ3v) is 4.73. The summed E-state index contributed by atoms with van der Waals surface area (Å²) >= 11 is 0. The standard InChI is InChI=1S/C24H40O4/c1-7-10-13-21(9-3)18-27-23(25)14-11-15-24(26)28-22(17-16-19(4)5)20(6)12-8-2/h20-22H,4,7-15,18H2,1-3,5-6H3. The highest BCUT2D eigenvalue weighted by molar-refractivity contribution is 5.72. The molecule has 0 fully saturated rings. The van der Waals surface area contributed by atoms with Gasteiger partial charge in [-0.25, -0.2) is 0 Å². The van der Waals surface area contributed by atoms with Gasteiger partial charge in [-0.15, -0.1) is 0 Å². The molecule has 0 rings (SSSR count). The Bertz CT molecular complexity index is 526. The molecule has 3 atom stereocenters. The molecule has 0 bridgehead atoms. The number of carbonyl (C=O) groups excluding carboxylic acids is 2. The van der Waals surface area contributed by atoms with Gasteiger partial charge < -0.3 is 9.47 Å². The van der Waals surface area contributed by atoms with Crippen molar-refractivity contribution in [3.05, 3.63) is 12.2 Å². The maximum absolute atomic E-state index is 12.2. The highest BCUT2D eigenvalue weighted by atomic mass is 16.5. The minimum Gasteiger partial charge on any atom is -0.465 e. The van der Waals surface area contributed by atoms with Crippen molar-refractivity contribution >= 4 is 11.9 Å². The molecule has 3 unspecified atom stereocenters. The summed E-state index contributed by atoms with van der Waals surface area (Å²) in [7, 11) is 0. The van der Waals surface area contributed by atoms with Crippen molar-refractivity contribution in [1.82, 2.24) is 0 Å². The third-order valence-electron chi connectivity index (χ3n) is 4.73. The molecule has 0 aromatic carbocycles. The van der Waals surface area contributed by atoms with E-state index >= 15 is 0 Å². The van der Waals surface area contributed by atoms with Gasteiger partial charge >= 0.3 is 11.9 Å². The lowest BCUT2D eigenvalue weighted by molar-refractivity contribution is -0.149. The molecule has 0 N–H and O–H groups in total. The van der Waals surface area contributed by atoms with E-state index in [4.69, 9.17) is 9.47 Å². The zero-order valence-corrected chi connectivity index (χ0v) is 18.6. The summed E-state index contributed by atoms with van der Waals surface area (Å²) in [6.45, 7) is 14.5. The van der Waals surface area contributed by atoms with Gasteiger partial charge in [0.2, 0.25) is 0 Å². The minimum absolute atomic E-state index is 0.167. The molecular weight excluding hydrogens is 352 g/mol. The lowest BCUT2D eigenvalue weighted by Gasteiger charge is -2.19. The van der Waals surface area contributed by atoms with E-state index in [2.05, 4.69) is 39.2 Å². The van der Waals surface area contributed by atoms with E-state index in [-0.39, 0.29) is 30.7 Å². The molecule has 0 spiro atoms. The summed E-state index contributed by atoms with van der Waals surface area (Å²) in [5.74, 6) is 5.97. The number of hydrogen-bond acceptors (Lipinski definition) is 4. The molecular formula is C24H40O4. The zero-order chi connectivity index (χ0) is 21.4. The van der Waals surface area contributed by atoms with Crippen LogP contribution in [0.1, 0.15) is 92.4 Å². The van der Waals surface area contributed by atoms with Gasteiger partial charge in [0.1, 0.15) is 0 Å². The smallest absolute Gasteiger partial charge is 0.307 e. The average Bonchev–Trinajstić information content (AvgIpc) is 2.65. The summed E-state index contributed by atoms with van der Waals surface area (Å²) in [6.07, 6.45) is 6.81. The van der Waals surface area contributed by atoms with Crippen molar-refractivity contribution in [3.63, 3.8) is 0 Å². The highest BCUT2D eigenvalue weighted by Crippen LogP contribution is 2.16. The molecule has 0 aromatic heterocycles. The van der Waals surface area contributed by atoms with Gasteiger partial charge in [0, 0.05) is 18.8 Å². The minimum atomic E-state index is -0.431. The fourth-order valence-corrected chi connectivity index (χ4v) is 2.85. The Morgan fingerprint density at radius 2 is 1.68 bits per heavy atom. The van der Waals surface area contributed by atoms with E-state index in [9.17, 15) is 9.59 Å². The van der Waals surface area contributed by atoms with Gasteiger partial charge in [-0.05, 0) is 37.7 Å². The maximum Gasteiger partial charge on any atom is 0.307 e. The number of allylic oxidation sites excluding steroid dienone is 1. The number of unbranched alkanes of at least 4 members (excludes halogenated alkanes) is 1. The van der Waals surface area contributed by atoms with E-state index in [1.807, 2.05) is 13.8 Å². The highest BCUT2D eigenvalue weighted by Gasteiger charge is 2.19. The summed E-state index contributed by atoms with van der Waals surface area (Å²) in [5.41, 5.74) is 0.747. The predicted octanol–water partition coefficient (Wildman–Crippen LogP) is 5.84. The molecule has 0 saturated heterocycles. The van der Waals surface area contributed by atoms with Gasteiger partial charge in [0.15, 0.2) is 6.10 Å². The van der Waals surface area contributed by atoms with Crippen molar-refractivity contribution < 1.29 is 19.1 Å². The van der Waals surface area contributed by atoms with E-state index in [0.717, 1.165) is 44.1 Å². The Hall–Kier alpha value is -1.76. The fraction of sp³-hybridized carbons (Fsp3) is 0.750. The normalized spacial score (nSPS) is 13.6. The van der Waals surface area contributed by atoms with Gasteiger partial charge in [-0.1, -0.05) is 71.8 Å². The van der Waals surface area contributed by atoms with Crippen LogP contribution < -0.4 is 0 Å². The molecule has 0 amide bonds. The molecule has 4 nitrogen and oxygen atoms in total. The lowest BCUT2D eigenvalue weighted by atomic mass is 9.99. The first-order valence-electron chi connectivity index (χ1n) is 10.9. The van der Waals surface area contributed by atoms with Gasteiger partial charge in [0.25, 0.3) is 0 Å². The molecule has 0 aromatic rings. The molecule has 0 heterocycles. The van der Waals surface area contributed by atoms with Crippen LogP contribution in [0.3, 0.4) is 0 Å². The number of ether oxygens (including phenoxy) is 2. The van der Waals surface area contributed by atoms with Crippen LogP contribution in [0.2, 0.25) is 0 Å². The van der Waals surface area contributed by atoms with Crippen LogP contribution in [0.4, 0.5) is 0 Å². The number of rotatable bonds is 14. The Balaban J connectivity index is 4.31. The second-order valence-corrected chi connectivity index (χ2v) is 7.68. The second kappa shape index (κ2) is 16.2. The van der Waals surface area contributed by atoms with Crippen molar-refractivity contribution in [2.75, 3.05) is 6.61 Å². The number of carbonyl (C=O) groups is 2. The van der Waals surface area contributed by atoms with Gasteiger partial charge in [-0.3, -0.25) is 9.59 Å². The van der Waals surface area contributed by atoms with Crippen LogP contribution in [0, 0.1) is 23.7 Å². The van der Waals surface area contributed by atoms with Crippen LogP contribution in [0.15, 0.2) is 12.2 Å². The van der Waals surface area contributed by atoms with Crippen LogP contribution >= 0.6 is 0 Å². The zero-order valence-electron chi connectivity index (χ0n) is 18.6. The maximum atomic E-state index is 12.2. The van der Waals surface area contributed by atoms with Crippen molar-refractivity contribution in [2.45, 2.75) is 98.5 Å². The predicted molar refractivity (Wildman–Crippen MR) is 115 cm³/mol. The summed E-state index contributed by atoms with van der Waals surface area (Å²) in [4.78, 5) is 24.1. The van der Waals surface area contributed by atoms with Crippen LogP contribution in [0.25, 0.3) is 0 Å². The SMILES string of the molecule is C=C(C)C#CC(OC(=O)CCCC(=O)OCC(CC)CCCC)C(C)CCC. The van der Waals surface area contributed by atoms with E-state index in [0.29, 0.717) is 18.9 Å². The molecule has 0 aliphatic heterocycles. The number of hydrogen-bond donors (Lipinski definition) is 0. The Morgan fingerprint density at radius 3 is 2.25 bits per heavy atom. The van der Waals surface area contributed by atoms with Gasteiger partial charge in [0.05, 0.1) is 6.61 Å². The quantitative estimate of drug-likeness (QED) is 0.275. The first kappa shape index (κ1) is 26.2. The molecule has 28 heavy (non-hydrogen) atoms. The van der Waals surface area contributed by atoms with Crippen molar-refractivity contribution in [3.8, 4) is 11.8 Å². The molecule has 0 saturated carbocycles. The first-order chi connectivity index (χ1) is 13.3. The van der Waals surface area contributed by atoms with E-state index in [1.165, 1.54) is 0 Å². The summed E-state index contributed by atoms with van der Waals surface area (Å²) in [6, 6.07) is 0. The summed E-state index contributed by atoms with van der Waals surface area (Å²) in [5, 5.41) is 0. The number of esters is 2. The fourth-order valence-electron chi connectivity index (χ4n) is 2.85. The topological polar surface area (TPSA) is 52.6 Å². The Labute approximate surface area is 172 Å². The second-order valence-electron chi connectivity index (χ2n) is 7.68. The largest absolute Gasteiger partial charge is 0.465 e. The first-order valence-corrected chi connectivity index (χ1v) is 10.9. The molecule has 0 radical (unpaired) electrons. The van der Waals surface area contributed by atoms with Crippen LogP contribution in [-0.2, 0) is 19.1 Å². The van der Waals surface area contributed by atoms with Gasteiger partial charge in [-0.2, -0.15) is 0 Å².